The van der Waals surface area contributed by atoms with Crippen molar-refractivity contribution in [3.8, 4) is 5.75 Å². The number of ether oxygens (including phenoxy) is 1. The Morgan fingerprint density at radius 3 is 2.50 bits per heavy atom. The molecule has 0 fully saturated rings. The van der Waals surface area contributed by atoms with Crippen LogP contribution in [0.5, 0.6) is 5.75 Å². The summed E-state index contributed by atoms with van der Waals surface area (Å²) < 4.78 is 11.6. The zero-order valence-corrected chi connectivity index (χ0v) is 11.3. The molecule has 0 atom stereocenters. The molecule has 1 aromatic carbocycles. The van der Waals surface area contributed by atoms with Gasteiger partial charge in [0, 0.05) is 22.6 Å². The van der Waals surface area contributed by atoms with Crippen molar-refractivity contribution in [2.24, 2.45) is 0 Å². The SMILES string of the molecule is Cc1ccc(OCc2nc(I)oc2C)cc1. The van der Waals surface area contributed by atoms with Crippen molar-refractivity contribution < 1.29 is 9.15 Å². The van der Waals surface area contributed by atoms with Gasteiger partial charge in [-0.1, -0.05) is 17.7 Å². The molecule has 4 heteroatoms. The van der Waals surface area contributed by atoms with Gasteiger partial charge in [-0.25, -0.2) is 4.98 Å². The average Bonchev–Trinajstić information content (AvgIpc) is 2.57. The Balaban J connectivity index is 2.02. The zero-order chi connectivity index (χ0) is 11.5. The number of halogens is 1. The maximum Gasteiger partial charge on any atom is 0.257 e. The standard InChI is InChI=1S/C12H12INO2/c1-8-3-5-10(6-4-8)15-7-11-9(2)16-12(13)14-11/h3-6H,7H2,1-2H3. The van der Waals surface area contributed by atoms with Gasteiger partial charge >= 0.3 is 0 Å². The Morgan fingerprint density at radius 2 is 1.94 bits per heavy atom. The van der Waals surface area contributed by atoms with Crippen LogP contribution in [-0.2, 0) is 6.61 Å². The Labute approximate surface area is 108 Å². The maximum absolute atomic E-state index is 5.62. The van der Waals surface area contributed by atoms with Gasteiger partial charge in [-0.15, -0.1) is 0 Å². The fraction of sp³-hybridized carbons (Fsp3) is 0.250. The van der Waals surface area contributed by atoms with Crippen molar-refractivity contribution in [3.63, 3.8) is 0 Å². The van der Waals surface area contributed by atoms with Gasteiger partial charge in [0.1, 0.15) is 23.8 Å². The topological polar surface area (TPSA) is 35.3 Å². The molecule has 84 valence electrons. The van der Waals surface area contributed by atoms with E-state index in [1.54, 1.807) is 0 Å². The van der Waals surface area contributed by atoms with Crippen LogP contribution in [0, 0.1) is 17.7 Å². The van der Waals surface area contributed by atoms with Crippen LogP contribution in [0.4, 0.5) is 0 Å². The fourth-order valence-electron chi connectivity index (χ4n) is 1.31. The summed E-state index contributed by atoms with van der Waals surface area (Å²) in [6.45, 7) is 4.39. The normalized spacial score (nSPS) is 10.4. The van der Waals surface area contributed by atoms with Crippen LogP contribution >= 0.6 is 22.6 Å². The van der Waals surface area contributed by atoms with Crippen LogP contribution in [0.2, 0.25) is 0 Å². The molecule has 0 amide bonds. The third kappa shape index (κ3) is 2.75. The lowest BCUT2D eigenvalue weighted by molar-refractivity contribution is 0.299. The van der Waals surface area contributed by atoms with E-state index in [0.717, 1.165) is 17.2 Å². The number of hydrogen-bond acceptors (Lipinski definition) is 3. The molecule has 3 nitrogen and oxygen atoms in total. The van der Waals surface area contributed by atoms with Gasteiger partial charge < -0.3 is 9.15 Å². The first kappa shape index (κ1) is 11.4. The predicted molar refractivity (Wildman–Crippen MR) is 69.5 cm³/mol. The second-order valence-electron chi connectivity index (χ2n) is 3.57. The van der Waals surface area contributed by atoms with Crippen molar-refractivity contribution in [3.05, 3.63) is 45.2 Å². The Kier molecular flexibility index (Phi) is 3.48. The molecule has 16 heavy (non-hydrogen) atoms. The van der Waals surface area contributed by atoms with Gasteiger partial charge in [0.2, 0.25) is 0 Å². The van der Waals surface area contributed by atoms with E-state index in [1.165, 1.54) is 5.56 Å². The lowest BCUT2D eigenvalue weighted by Crippen LogP contribution is -1.97. The number of rotatable bonds is 3. The van der Waals surface area contributed by atoms with Gasteiger partial charge in [0.05, 0.1) is 0 Å². The van der Waals surface area contributed by atoms with E-state index in [2.05, 4.69) is 27.6 Å². The number of aryl methyl sites for hydroxylation is 2. The lowest BCUT2D eigenvalue weighted by atomic mass is 10.2. The lowest BCUT2D eigenvalue weighted by Gasteiger charge is -2.04. The third-order valence-electron chi connectivity index (χ3n) is 2.26. The molecule has 0 bridgehead atoms. The number of nitrogens with zero attached hydrogens (tertiary/aromatic N) is 1. The zero-order valence-electron chi connectivity index (χ0n) is 9.16. The molecule has 2 aromatic rings. The molecule has 0 saturated heterocycles. The van der Waals surface area contributed by atoms with E-state index in [9.17, 15) is 0 Å². The molecule has 0 N–H and O–H groups in total. The first-order chi connectivity index (χ1) is 7.65. The summed E-state index contributed by atoms with van der Waals surface area (Å²) in [4.78, 5) is 4.24. The largest absolute Gasteiger partial charge is 0.487 e. The summed E-state index contributed by atoms with van der Waals surface area (Å²) in [7, 11) is 0. The van der Waals surface area contributed by atoms with E-state index in [0.29, 0.717) is 10.5 Å². The highest BCUT2D eigenvalue weighted by Crippen LogP contribution is 2.16. The molecule has 0 unspecified atom stereocenters. The van der Waals surface area contributed by atoms with Gasteiger partial charge in [0.25, 0.3) is 3.90 Å². The van der Waals surface area contributed by atoms with Crippen LogP contribution in [0.25, 0.3) is 0 Å². The molecule has 1 heterocycles. The minimum absolute atomic E-state index is 0.446. The predicted octanol–water partition coefficient (Wildman–Crippen LogP) is 3.48. The Bertz CT molecular complexity index is 476. The summed E-state index contributed by atoms with van der Waals surface area (Å²) in [5, 5.41) is 0. The van der Waals surface area contributed by atoms with E-state index < -0.39 is 0 Å². The molecule has 0 aliphatic carbocycles. The fourth-order valence-corrected chi connectivity index (χ4v) is 1.93. The van der Waals surface area contributed by atoms with Crippen molar-refractivity contribution in [1.29, 1.82) is 0 Å². The highest BCUT2D eigenvalue weighted by Gasteiger charge is 2.07. The average molecular weight is 329 g/mol. The smallest absolute Gasteiger partial charge is 0.257 e. The highest BCUT2D eigenvalue weighted by molar-refractivity contribution is 14.1. The summed E-state index contributed by atoms with van der Waals surface area (Å²) in [5.74, 6) is 1.67. The molecule has 0 saturated carbocycles. The van der Waals surface area contributed by atoms with Crippen LogP contribution in [0.3, 0.4) is 0 Å². The van der Waals surface area contributed by atoms with Crippen molar-refractivity contribution in [2.75, 3.05) is 0 Å². The molecule has 0 aliphatic heterocycles. The molecular formula is C12H12INO2. The number of hydrogen-bond donors (Lipinski definition) is 0. The summed E-state index contributed by atoms with van der Waals surface area (Å²) >= 11 is 2.05. The monoisotopic (exact) mass is 329 g/mol. The van der Waals surface area contributed by atoms with E-state index in [4.69, 9.17) is 9.15 Å². The van der Waals surface area contributed by atoms with Crippen LogP contribution < -0.4 is 4.74 Å². The molecular weight excluding hydrogens is 317 g/mol. The second kappa shape index (κ2) is 4.86. The molecule has 0 spiro atoms. The Hall–Kier alpha value is -1.04. The van der Waals surface area contributed by atoms with Gasteiger partial charge in [-0.05, 0) is 26.0 Å². The van der Waals surface area contributed by atoms with Gasteiger partial charge in [-0.3, -0.25) is 0 Å². The van der Waals surface area contributed by atoms with Crippen LogP contribution in [0.1, 0.15) is 17.0 Å². The Morgan fingerprint density at radius 1 is 1.25 bits per heavy atom. The first-order valence-electron chi connectivity index (χ1n) is 4.96. The number of benzene rings is 1. The quantitative estimate of drug-likeness (QED) is 0.809. The van der Waals surface area contributed by atoms with Crippen molar-refractivity contribution >= 4 is 22.6 Å². The third-order valence-corrected chi connectivity index (χ3v) is 2.72. The number of oxazole rings is 1. The van der Waals surface area contributed by atoms with Gasteiger partial charge in [-0.2, -0.15) is 0 Å². The first-order valence-corrected chi connectivity index (χ1v) is 6.04. The summed E-state index contributed by atoms with van der Waals surface area (Å²) in [6, 6.07) is 7.95. The van der Waals surface area contributed by atoms with Gasteiger partial charge in [0.15, 0.2) is 0 Å². The molecule has 1 aromatic heterocycles. The summed E-state index contributed by atoms with van der Waals surface area (Å²) in [6.07, 6.45) is 0. The summed E-state index contributed by atoms with van der Waals surface area (Å²) in [5.41, 5.74) is 2.07. The molecule has 2 rings (SSSR count). The number of aromatic nitrogens is 1. The van der Waals surface area contributed by atoms with E-state index in [-0.39, 0.29) is 0 Å². The van der Waals surface area contributed by atoms with E-state index >= 15 is 0 Å². The van der Waals surface area contributed by atoms with Crippen LogP contribution in [0.15, 0.2) is 28.7 Å². The minimum atomic E-state index is 0.446. The van der Waals surface area contributed by atoms with Crippen molar-refractivity contribution in [1.82, 2.24) is 4.98 Å². The molecule has 0 radical (unpaired) electrons. The highest BCUT2D eigenvalue weighted by atomic mass is 127. The minimum Gasteiger partial charge on any atom is -0.487 e. The maximum atomic E-state index is 5.62. The van der Waals surface area contributed by atoms with Crippen molar-refractivity contribution in [2.45, 2.75) is 20.5 Å². The van der Waals surface area contributed by atoms with E-state index in [1.807, 2.05) is 38.1 Å². The van der Waals surface area contributed by atoms with Crippen LogP contribution in [-0.4, -0.2) is 4.98 Å². The molecule has 0 aliphatic rings. The second-order valence-corrected chi connectivity index (χ2v) is 4.49.